The first-order valence-corrected chi connectivity index (χ1v) is 34.1. The highest BCUT2D eigenvalue weighted by atomic mass is 31.2. The number of nitrogens with one attached hydrogen (secondary N) is 2. The Hall–Kier alpha value is -4.49. The molecule has 0 radical (unpaired) electrons. The van der Waals surface area contributed by atoms with E-state index in [-0.39, 0.29) is 75.2 Å². The average molecular weight is 1200 g/mol. The molecule has 1 rings (SSSR count). The number of hydrogen-bond donors (Lipinski definition) is 3. The van der Waals surface area contributed by atoms with Crippen LogP contribution in [-0.2, 0) is 51.9 Å². The molecule has 84 heavy (non-hydrogen) atoms. The molecule has 0 heterocycles. The van der Waals surface area contributed by atoms with Gasteiger partial charge in [0.25, 0.3) is 0 Å². The summed E-state index contributed by atoms with van der Waals surface area (Å²) in [5.74, 6) is -2.58. The molecule has 1 aliphatic rings. The Morgan fingerprint density at radius 1 is 0.607 bits per heavy atom. The first kappa shape index (κ1) is 77.5. The lowest BCUT2D eigenvalue weighted by Gasteiger charge is -2.32. The molecule has 15 heteroatoms. The maximum atomic E-state index is 12.9. The maximum Gasteiger partial charge on any atom is 0.472 e. The highest BCUT2D eigenvalue weighted by molar-refractivity contribution is 7.47. The standard InChI is InChI=1S/C69H115N2O12P/c1-8-10-12-14-16-18-20-22-24-26-28-30-32-34-36-43-67(76)80-56-63(83-68(77)44-37-35-33-31-29-27-25-23-21-19-17-15-13-11-9-2)57-82-84(78,79)81-53-52-70-65(74)50-47-62(73)55-71-66(75)49-46-61(72)54-59(4)41-38-40-58(3)45-48-64-60(5)42-39-51-69(64,6)7/h22-25,38,40-41,45,48,54,63H,8-21,26-37,39,42-44,46-47,49-53,55-57H2,1-7H3,(H,70,74)(H,71,75)(H,78,79)/b24-22-,25-23-,41-38+,48-45+,58-40+,59-54+/t63-/m1/s1. The minimum atomic E-state index is -4.70. The van der Waals surface area contributed by atoms with Gasteiger partial charge >= 0.3 is 19.8 Å². The second-order valence-electron chi connectivity index (χ2n) is 23.6. The maximum absolute atomic E-state index is 12.9. The fourth-order valence-electron chi connectivity index (χ4n) is 9.82. The molecule has 14 nitrogen and oxygen atoms in total. The van der Waals surface area contributed by atoms with Gasteiger partial charge in [0.15, 0.2) is 17.7 Å². The number of Topliss-reactive ketones (excluding diaryl/α,β-unsaturated/α-hetero) is 1. The molecule has 0 aliphatic heterocycles. The lowest BCUT2D eigenvalue weighted by molar-refractivity contribution is -0.161. The Kier molecular flexibility index (Phi) is 46.7. The van der Waals surface area contributed by atoms with E-state index in [1.165, 1.54) is 107 Å². The molecule has 0 aromatic carbocycles. The van der Waals surface area contributed by atoms with E-state index in [0.717, 1.165) is 94.6 Å². The van der Waals surface area contributed by atoms with Gasteiger partial charge in [-0.15, -0.1) is 0 Å². The van der Waals surface area contributed by atoms with Crippen molar-refractivity contribution in [2.24, 2.45) is 5.41 Å². The topological polar surface area (TPSA) is 201 Å². The number of allylic oxidation sites excluding steroid dienone is 14. The van der Waals surface area contributed by atoms with Crippen molar-refractivity contribution in [3.8, 4) is 0 Å². The monoisotopic (exact) mass is 1190 g/mol. The Labute approximate surface area is 509 Å². The van der Waals surface area contributed by atoms with Crippen molar-refractivity contribution in [1.29, 1.82) is 0 Å². The molecule has 0 aromatic heterocycles. The van der Waals surface area contributed by atoms with E-state index in [9.17, 15) is 38.2 Å². The van der Waals surface area contributed by atoms with Crippen molar-refractivity contribution in [2.75, 3.05) is 32.9 Å². The molecular formula is C69H115N2O12P. The van der Waals surface area contributed by atoms with E-state index in [1.54, 1.807) is 0 Å². The third kappa shape index (κ3) is 45.8. The molecule has 0 bridgehead atoms. The zero-order valence-electron chi connectivity index (χ0n) is 53.5. The van der Waals surface area contributed by atoms with Crippen molar-refractivity contribution >= 4 is 43.1 Å². The molecule has 3 N–H and O–H groups in total. The van der Waals surface area contributed by atoms with Crippen LogP contribution < -0.4 is 10.6 Å². The number of carbonyl (C=O) groups is 6. The van der Waals surface area contributed by atoms with Crippen LogP contribution in [-0.4, -0.2) is 79.2 Å². The second kappa shape index (κ2) is 50.6. The molecule has 0 saturated heterocycles. The van der Waals surface area contributed by atoms with Gasteiger partial charge in [0.2, 0.25) is 11.8 Å². The van der Waals surface area contributed by atoms with Crippen LogP contribution in [0.5, 0.6) is 0 Å². The number of hydrogen-bond acceptors (Lipinski definition) is 11. The van der Waals surface area contributed by atoms with Gasteiger partial charge in [-0.3, -0.25) is 37.8 Å². The van der Waals surface area contributed by atoms with Crippen LogP contribution in [0.1, 0.15) is 273 Å². The third-order valence-electron chi connectivity index (χ3n) is 15.0. The summed E-state index contributed by atoms with van der Waals surface area (Å²) in [6, 6.07) is 0. The number of ether oxygens (including phenoxy) is 2. The van der Waals surface area contributed by atoms with Gasteiger partial charge in [-0.05, 0) is 127 Å². The summed E-state index contributed by atoms with van der Waals surface area (Å²) < 4.78 is 34.1. The van der Waals surface area contributed by atoms with E-state index in [1.807, 2.05) is 32.1 Å². The van der Waals surface area contributed by atoms with Gasteiger partial charge in [-0.2, -0.15) is 0 Å². The molecule has 0 fully saturated rings. The van der Waals surface area contributed by atoms with Gasteiger partial charge in [-0.25, -0.2) is 4.57 Å². The number of phosphoric acid groups is 1. The van der Waals surface area contributed by atoms with Crippen LogP contribution >= 0.6 is 7.82 Å². The summed E-state index contributed by atoms with van der Waals surface area (Å²) in [4.78, 5) is 85.8. The molecule has 478 valence electrons. The number of phosphoric ester groups is 1. The summed E-state index contributed by atoms with van der Waals surface area (Å²) in [6.45, 7) is 13.3. The van der Waals surface area contributed by atoms with E-state index >= 15 is 0 Å². The fraction of sp³-hybridized carbons (Fsp3) is 0.710. The quantitative estimate of drug-likeness (QED) is 0.0130. The highest BCUT2D eigenvalue weighted by Crippen LogP contribution is 2.43. The normalized spacial score (nSPS) is 15.1. The zero-order valence-corrected chi connectivity index (χ0v) is 54.4. The van der Waals surface area contributed by atoms with Crippen LogP contribution in [0.3, 0.4) is 0 Å². The van der Waals surface area contributed by atoms with E-state index in [4.69, 9.17) is 18.5 Å². The van der Waals surface area contributed by atoms with Crippen LogP contribution in [0.25, 0.3) is 0 Å². The Balaban J connectivity index is 2.48. The Morgan fingerprint density at radius 3 is 1.68 bits per heavy atom. The van der Waals surface area contributed by atoms with E-state index in [0.29, 0.717) is 12.8 Å². The second-order valence-corrected chi connectivity index (χ2v) is 25.1. The van der Waals surface area contributed by atoms with Crippen LogP contribution in [0.2, 0.25) is 0 Å². The van der Waals surface area contributed by atoms with Crippen LogP contribution in [0.15, 0.2) is 83.1 Å². The molecular weight excluding hydrogens is 1080 g/mol. The van der Waals surface area contributed by atoms with Gasteiger partial charge in [0.05, 0.1) is 19.8 Å². The first-order chi connectivity index (χ1) is 40.4. The summed E-state index contributed by atoms with van der Waals surface area (Å²) >= 11 is 0. The summed E-state index contributed by atoms with van der Waals surface area (Å²) in [6.07, 6.45) is 52.3. The van der Waals surface area contributed by atoms with Gasteiger partial charge in [0, 0.05) is 45.1 Å². The summed E-state index contributed by atoms with van der Waals surface area (Å²) in [7, 11) is -4.70. The summed E-state index contributed by atoms with van der Waals surface area (Å²) in [5, 5.41) is 5.01. The van der Waals surface area contributed by atoms with Crippen molar-refractivity contribution in [1.82, 2.24) is 10.6 Å². The van der Waals surface area contributed by atoms with Crippen molar-refractivity contribution in [2.45, 2.75) is 279 Å². The lowest BCUT2D eigenvalue weighted by atomic mass is 9.72. The van der Waals surface area contributed by atoms with Gasteiger partial charge < -0.3 is 25.0 Å². The SMILES string of the molecule is CCCCCCCC/C=C\CCCCCCCC(=O)OC[C@H](COP(=O)(O)OCCNC(=O)CCC(=O)CNC(=O)CCC(=O)/C=C(C)/C=C/C=C(C)/C=C/C1=C(C)CCCC1(C)C)OC(=O)CCCCCCC/C=C\CCCCCCCC. The number of ketones is 2. The van der Waals surface area contributed by atoms with Crippen molar-refractivity contribution in [3.63, 3.8) is 0 Å². The minimum Gasteiger partial charge on any atom is -0.462 e. The molecule has 2 amide bonds. The molecule has 1 aliphatic carbocycles. The largest absolute Gasteiger partial charge is 0.472 e. The summed E-state index contributed by atoms with van der Waals surface area (Å²) in [5.41, 5.74) is 4.84. The Bertz CT molecular complexity index is 2130. The smallest absolute Gasteiger partial charge is 0.462 e. The number of rotatable bonds is 53. The van der Waals surface area contributed by atoms with Gasteiger partial charge in [-0.1, -0.05) is 196 Å². The zero-order chi connectivity index (χ0) is 61.9. The molecule has 1 unspecified atom stereocenters. The third-order valence-corrected chi connectivity index (χ3v) is 16.0. The molecule has 0 saturated carbocycles. The fourth-order valence-corrected chi connectivity index (χ4v) is 10.6. The van der Waals surface area contributed by atoms with Crippen molar-refractivity contribution < 1.29 is 56.7 Å². The molecule has 0 spiro atoms. The number of esters is 2. The number of unbranched alkanes of at least 4 members (excludes halogenated alkanes) is 22. The van der Waals surface area contributed by atoms with E-state index in [2.05, 4.69) is 81.7 Å². The average Bonchev–Trinajstić information content (AvgIpc) is 3.06. The van der Waals surface area contributed by atoms with Gasteiger partial charge in [0.1, 0.15) is 6.61 Å². The predicted molar refractivity (Wildman–Crippen MR) is 342 cm³/mol. The Morgan fingerprint density at radius 2 is 1.12 bits per heavy atom. The number of amides is 2. The minimum absolute atomic E-state index is 0.0243. The number of carbonyl (C=O) groups excluding carboxylic acids is 6. The first-order valence-electron chi connectivity index (χ1n) is 32.6. The van der Waals surface area contributed by atoms with Crippen LogP contribution in [0, 0.1) is 5.41 Å². The highest BCUT2D eigenvalue weighted by Gasteiger charge is 2.28. The predicted octanol–water partition coefficient (Wildman–Crippen LogP) is 17.1. The molecule has 0 aromatic rings. The molecule has 2 atom stereocenters. The lowest BCUT2D eigenvalue weighted by Crippen LogP contribution is -2.31. The van der Waals surface area contributed by atoms with E-state index < -0.39 is 50.9 Å². The van der Waals surface area contributed by atoms with Crippen LogP contribution in [0.4, 0.5) is 0 Å². The van der Waals surface area contributed by atoms with Crippen molar-refractivity contribution in [3.05, 3.63) is 83.1 Å².